The third kappa shape index (κ3) is 4.73. The van der Waals surface area contributed by atoms with Gasteiger partial charge < -0.3 is 9.73 Å². The van der Waals surface area contributed by atoms with E-state index in [0.717, 1.165) is 24.0 Å². The van der Waals surface area contributed by atoms with Gasteiger partial charge in [0.25, 0.3) is 10.2 Å². The quantitative estimate of drug-likeness (QED) is 0.366. The van der Waals surface area contributed by atoms with E-state index in [1.807, 2.05) is 6.08 Å². The van der Waals surface area contributed by atoms with Crippen LogP contribution in [0.1, 0.15) is 12.8 Å². The van der Waals surface area contributed by atoms with Gasteiger partial charge in [-0.05, 0) is 48.7 Å². The van der Waals surface area contributed by atoms with Crippen LogP contribution in [0.5, 0.6) is 0 Å². The molecule has 12 heteroatoms. The Hall–Kier alpha value is -3.87. The Morgan fingerprint density at radius 3 is 2.71 bits per heavy atom. The highest BCUT2D eigenvalue weighted by atomic mass is 32.2. The third-order valence-electron chi connectivity index (χ3n) is 6.60. The summed E-state index contributed by atoms with van der Waals surface area (Å²) < 4.78 is 49.8. The van der Waals surface area contributed by atoms with E-state index in [1.54, 1.807) is 35.0 Å². The summed E-state index contributed by atoms with van der Waals surface area (Å²) in [6, 6.07) is 7.82. The van der Waals surface area contributed by atoms with Crippen LogP contribution in [-0.2, 0) is 10.2 Å². The first-order valence-corrected chi connectivity index (χ1v) is 13.8. The number of nitrogens with zero attached hydrogens (tertiary/aromatic N) is 6. The third-order valence-corrected chi connectivity index (χ3v) is 8.59. The first-order chi connectivity index (χ1) is 18.5. The summed E-state index contributed by atoms with van der Waals surface area (Å²) in [5, 5.41) is 3.14. The van der Waals surface area contributed by atoms with Gasteiger partial charge in [-0.2, -0.15) is 22.0 Å². The molecule has 0 unspecified atom stereocenters. The van der Waals surface area contributed by atoms with Crippen LogP contribution < -0.4 is 5.32 Å². The lowest BCUT2D eigenvalue weighted by molar-refractivity contribution is 0.456. The van der Waals surface area contributed by atoms with Gasteiger partial charge in [-0.15, -0.1) is 0 Å². The van der Waals surface area contributed by atoms with E-state index in [9.17, 15) is 12.8 Å². The van der Waals surface area contributed by atoms with Gasteiger partial charge in [0.15, 0.2) is 0 Å². The number of rotatable bonds is 8. The van der Waals surface area contributed by atoms with Crippen LogP contribution in [0.2, 0.25) is 0 Å². The van der Waals surface area contributed by atoms with Crippen LogP contribution in [0.25, 0.3) is 28.5 Å². The molecule has 6 rings (SSSR count). The van der Waals surface area contributed by atoms with Crippen molar-refractivity contribution < 1.29 is 17.2 Å². The van der Waals surface area contributed by atoms with Gasteiger partial charge in [0.2, 0.25) is 5.95 Å². The summed E-state index contributed by atoms with van der Waals surface area (Å²) in [6.45, 7) is 1.95. The van der Waals surface area contributed by atoms with Crippen LogP contribution in [0.15, 0.2) is 77.2 Å². The predicted octanol–water partition coefficient (Wildman–Crippen LogP) is 3.74. The molecule has 1 aromatic carbocycles. The molecule has 1 fully saturated rings. The molecule has 1 aliphatic heterocycles. The van der Waals surface area contributed by atoms with E-state index in [2.05, 4.69) is 32.4 Å². The van der Waals surface area contributed by atoms with Crippen molar-refractivity contribution in [1.82, 2.24) is 28.0 Å². The van der Waals surface area contributed by atoms with Gasteiger partial charge >= 0.3 is 5.84 Å². The molecule has 196 valence electrons. The molecule has 0 radical (unpaired) electrons. The van der Waals surface area contributed by atoms with E-state index in [0.29, 0.717) is 61.6 Å². The first kappa shape index (κ1) is 24.5. The highest BCUT2D eigenvalue weighted by Crippen LogP contribution is 2.32. The van der Waals surface area contributed by atoms with Gasteiger partial charge in [-0.1, -0.05) is 18.2 Å². The summed E-state index contributed by atoms with van der Waals surface area (Å²) in [4.78, 5) is 13.5. The van der Waals surface area contributed by atoms with E-state index < -0.39 is 10.2 Å². The SMILES string of the molecule is O=S1(=O)N(CCNc2nccc(-c3c(-c4ccc(F)cc4)nc4occn34)n2)CCN1CC1=CCCC=C1. The molecule has 0 bridgehead atoms. The average molecular weight is 536 g/mol. The summed E-state index contributed by atoms with van der Waals surface area (Å²) in [5.41, 5.74) is 3.62. The lowest BCUT2D eigenvalue weighted by Gasteiger charge is -2.20. The molecule has 10 nitrogen and oxygen atoms in total. The van der Waals surface area contributed by atoms with Crippen molar-refractivity contribution in [2.75, 3.05) is 38.0 Å². The fourth-order valence-corrected chi connectivity index (χ4v) is 6.29. The summed E-state index contributed by atoms with van der Waals surface area (Å²) >= 11 is 0. The van der Waals surface area contributed by atoms with Gasteiger partial charge in [-0.25, -0.2) is 14.4 Å². The van der Waals surface area contributed by atoms with Gasteiger partial charge in [0.1, 0.15) is 23.5 Å². The zero-order chi connectivity index (χ0) is 26.1. The van der Waals surface area contributed by atoms with Gasteiger partial charge in [-0.3, -0.25) is 4.40 Å². The normalized spacial score (nSPS) is 17.8. The van der Waals surface area contributed by atoms with Crippen LogP contribution in [0.4, 0.5) is 10.3 Å². The first-order valence-electron chi connectivity index (χ1n) is 12.4. The lowest BCUT2D eigenvalue weighted by atomic mass is 10.1. The summed E-state index contributed by atoms with van der Waals surface area (Å²) in [5.74, 6) is 0.408. The molecule has 0 saturated carbocycles. The Morgan fingerprint density at radius 2 is 1.89 bits per heavy atom. The number of hydrogen-bond donors (Lipinski definition) is 1. The molecule has 4 heterocycles. The number of aromatic nitrogens is 4. The maximum absolute atomic E-state index is 13.5. The monoisotopic (exact) mass is 535 g/mol. The lowest BCUT2D eigenvalue weighted by Crippen LogP contribution is -2.36. The molecule has 0 amide bonds. The topological polar surface area (TPSA) is 109 Å². The van der Waals surface area contributed by atoms with Crippen molar-refractivity contribution in [3.63, 3.8) is 0 Å². The largest absolute Gasteiger partial charge is 0.432 e. The Labute approximate surface area is 219 Å². The summed E-state index contributed by atoms with van der Waals surface area (Å²) in [6.07, 6.45) is 13.0. The molecule has 0 spiro atoms. The number of hydrogen-bond acceptors (Lipinski definition) is 7. The Bertz CT molecular complexity index is 1630. The second-order valence-electron chi connectivity index (χ2n) is 9.06. The number of anilines is 1. The Balaban J connectivity index is 1.16. The highest BCUT2D eigenvalue weighted by molar-refractivity contribution is 7.87. The number of oxazole rings is 1. The van der Waals surface area contributed by atoms with E-state index >= 15 is 0 Å². The minimum Gasteiger partial charge on any atom is -0.432 e. The Kier molecular flexibility index (Phi) is 6.52. The van der Waals surface area contributed by atoms with Crippen molar-refractivity contribution in [3.8, 4) is 22.6 Å². The predicted molar refractivity (Wildman–Crippen MR) is 141 cm³/mol. The molecule has 4 aromatic rings. The van der Waals surface area contributed by atoms with Crippen LogP contribution in [0, 0.1) is 5.82 Å². The molecule has 2 aliphatic rings. The molecule has 0 atom stereocenters. The van der Waals surface area contributed by atoms with Crippen molar-refractivity contribution in [2.24, 2.45) is 0 Å². The number of fused-ring (bicyclic) bond motifs is 1. The molecule has 3 aromatic heterocycles. The maximum Gasteiger partial charge on any atom is 0.306 e. The van der Waals surface area contributed by atoms with Crippen molar-refractivity contribution >= 4 is 22.0 Å². The Morgan fingerprint density at radius 1 is 1.05 bits per heavy atom. The zero-order valence-electron chi connectivity index (χ0n) is 20.5. The van der Waals surface area contributed by atoms with Crippen molar-refractivity contribution in [3.05, 3.63) is 78.6 Å². The molecular formula is C26H26FN7O3S. The van der Waals surface area contributed by atoms with Crippen LogP contribution in [-0.4, -0.2) is 69.1 Å². The number of imidazole rings is 1. The number of halogens is 1. The second-order valence-corrected chi connectivity index (χ2v) is 11.0. The number of nitrogens with one attached hydrogen (secondary N) is 1. The fraction of sp³-hybridized carbons (Fsp3) is 0.269. The zero-order valence-corrected chi connectivity index (χ0v) is 21.3. The average Bonchev–Trinajstić information content (AvgIpc) is 3.59. The van der Waals surface area contributed by atoms with Crippen LogP contribution in [0.3, 0.4) is 0 Å². The number of allylic oxidation sites excluding steroid dienone is 2. The molecule has 1 N–H and O–H groups in total. The fourth-order valence-electron chi connectivity index (χ4n) is 4.70. The minimum absolute atomic E-state index is 0.292. The van der Waals surface area contributed by atoms with Crippen molar-refractivity contribution in [2.45, 2.75) is 12.8 Å². The minimum atomic E-state index is -3.52. The smallest absolute Gasteiger partial charge is 0.306 e. The van der Waals surface area contributed by atoms with E-state index in [-0.39, 0.29) is 5.82 Å². The second kappa shape index (κ2) is 10.1. The highest BCUT2D eigenvalue weighted by Gasteiger charge is 2.36. The maximum atomic E-state index is 13.5. The summed E-state index contributed by atoms with van der Waals surface area (Å²) in [7, 11) is -3.52. The molecular weight excluding hydrogens is 509 g/mol. The standard InChI is InChI=1S/C26H26FN7O3S/c27-21-8-6-20(7-9-21)23-24(34-16-17-37-26(34)31-23)22-10-11-28-25(30-22)29-12-13-32-14-15-33(38(32,35)36)18-19-4-2-1-3-5-19/h2,4-11,16-17H,1,3,12-15,18H2,(H,28,29,30). The van der Waals surface area contributed by atoms with Crippen LogP contribution >= 0.6 is 0 Å². The van der Waals surface area contributed by atoms with E-state index in [4.69, 9.17) is 4.42 Å². The van der Waals surface area contributed by atoms with Gasteiger partial charge in [0.05, 0.1) is 5.69 Å². The van der Waals surface area contributed by atoms with Gasteiger partial charge in [0, 0.05) is 50.7 Å². The van der Waals surface area contributed by atoms with Crippen molar-refractivity contribution in [1.29, 1.82) is 0 Å². The molecule has 1 aliphatic carbocycles. The molecule has 38 heavy (non-hydrogen) atoms. The molecule has 1 saturated heterocycles. The van der Waals surface area contributed by atoms with E-state index in [1.165, 1.54) is 27.0 Å². The number of benzene rings is 1.